The molecule has 23 rings (SSSR count). The summed E-state index contributed by atoms with van der Waals surface area (Å²) in [4.78, 5) is 116. The van der Waals surface area contributed by atoms with E-state index in [4.69, 9.17) is 78.1 Å². The molecule has 0 bridgehead atoms. The number of nitrogens with zero attached hydrogens (tertiary/aromatic N) is 16. The van der Waals surface area contributed by atoms with Crippen LogP contribution in [0.3, 0.4) is 0 Å². The first-order chi connectivity index (χ1) is 66.3. The Balaban J connectivity index is 0.000000110. The smallest absolute Gasteiger partial charge is 0.278 e. The van der Waals surface area contributed by atoms with Crippen LogP contribution in [0.15, 0.2) is 279 Å². The van der Waals surface area contributed by atoms with Crippen molar-refractivity contribution in [3.05, 3.63) is 414 Å². The molecule has 10 aromatic carbocycles. The van der Waals surface area contributed by atoms with Gasteiger partial charge in [-0.2, -0.15) is 0 Å². The van der Waals surface area contributed by atoms with Crippen molar-refractivity contribution in [1.82, 2.24) is 47.8 Å². The molecule has 5 aliphatic heterocycles. The zero-order valence-electron chi connectivity index (χ0n) is 74.0. The molecule has 3 atom stereocenters. The third-order valence-electron chi connectivity index (χ3n) is 25.1. The van der Waals surface area contributed by atoms with Crippen molar-refractivity contribution in [2.24, 2.45) is 53.6 Å². The minimum atomic E-state index is -0.670. The minimum absolute atomic E-state index is 0.0738. The summed E-state index contributed by atoms with van der Waals surface area (Å²) in [5.41, 5.74) is 54.8. The fourth-order valence-corrected chi connectivity index (χ4v) is 19.5. The van der Waals surface area contributed by atoms with Gasteiger partial charge in [-0.25, -0.2) is 24.9 Å². The lowest BCUT2D eigenvalue weighted by molar-refractivity contribution is -0.385. The van der Waals surface area contributed by atoms with E-state index >= 15 is 0 Å². The normalized spacial score (nSPS) is 15.8. The summed E-state index contributed by atoms with van der Waals surface area (Å²) < 4.78 is 11.5. The Kier molecular flexibility index (Phi) is 24.6. The van der Waals surface area contributed by atoms with E-state index in [1.54, 1.807) is 73.2 Å². The van der Waals surface area contributed by atoms with Crippen molar-refractivity contribution in [1.29, 1.82) is 0 Å². The number of aromatic nitrogens is 10. The topological polar surface area (TPSA) is 409 Å². The van der Waals surface area contributed by atoms with Gasteiger partial charge >= 0.3 is 0 Å². The number of nitrogens with two attached hydrogens (primary N) is 5. The molecule has 676 valence electrons. The molecule has 5 aromatic heterocycles. The summed E-state index contributed by atoms with van der Waals surface area (Å²) in [6, 6.07) is 69.8. The number of primary amides is 5. The molecule has 137 heavy (non-hydrogen) atoms. The molecule has 3 fully saturated rings. The highest BCUT2D eigenvalue weighted by molar-refractivity contribution is 14.1. The predicted molar refractivity (Wildman–Crippen MR) is 537 cm³/mol. The van der Waals surface area contributed by atoms with Gasteiger partial charge in [0, 0.05) is 80.3 Å². The zero-order valence-corrected chi connectivity index (χ0v) is 78.5. The Morgan fingerprint density at radius 2 is 0.730 bits per heavy atom. The average molecular weight is 2010 g/mol. The second-order valence-corrected chi connectivity index (χ2v) is 36.4. The van der Waals surface area contributed by atoms with E-state index in [1.165, 1.54) is 67.6 Å². The van der Waals surface area contributed by atoms with E-state index < -0.39 is 40.5 Å². The van der Waals surface area contributed by atoms with Gasteiger partial charge in [-0.1, -0.05) is 155 Å². The Labute approximate surface area is 813 Å². The van der Waals surface area contributed by atoms with Crippen molar-refractivity contribution < 1.29 is 28.9 Å². The summed E-state index contributed by atoms with van der Waals surface area (Å²) in [5, 5.41) is 12.3. The van der Waals surface area contributed by atoms with Crippen LogP contribution in [0.1, 0.15) is 260 Å². The summed E-state index contributed by atoms with van der Waals surface area (Å²) in [7, 11) is 0. The van der Waals surface area contributed by atoms with Gasteiger partial charge in [-0.3, -0.25) is 81.9 Å². The average Bonchev–Trinajstić information content (AvgIpc) is 2.16. The van der Waals surface area contributed by atoms with Crippen LogP contribution in [0.4, 0.5) is 5.69 Å². The number of rotatable bonds is 14. The van der Waals surface area contributed by atoms with Gasteiger partial charge in [-0.05, 0) is 213 Å². The van der Waals surface area contributed by atoms with E-state index in [9.17, 15) is 34.1 Å². The Hall–Kier alpha value is -16.0. The van der Waals surface area contributed by atoms with Crippen LogP contribution in [0.25, 0.3) is 28.4 Å². The van der Waals surface area contributed by atoms with Crippen LogP contribution < -0.4 is 28.7 Å². The highest BCUT2D eigenvalue weighted by atomic mass is 127. The van der Waals surface area contributed by atoms with Crippen LogP contribution in [0.5, 0.6) is 0 Å². The molecule has 10 heterocycles. The molecule has 15 aromatic rings. The number of fused-ring (bicyclic) bond motifs is 15. The zero-order chi connectivity index (χ0) is 95.5. The number of benzene rings is 10. The van der Waals surface area contributed by atoms with E-state index in [1.807, 2.05) is 129 Å². The summed E-state index contributed by atoms with van der Waals surface area (Å²) in [6.07, 6.45) is 26.7. The first kappa shape index (κ1) is 90.2. The Morgan fingerprint density at radius 3 is 1.15 bits per heavy atom. The summed E-state index contributed by atoms with van der Waals surface area (Å²) in [5.74, 6) is 4.34. The maximum absolute atomic E-state index is 12.0. The summed E-state index contributed by atoms with van der Waals surface area (Å²) in [6.45, 7) is 6.37. The molecule has 0 unspecified atom stereocenters. The molecule has 31 heteroatoms. The van der Waals surface area contributed by atoms with Crippen molar-refractivity contribution in [2.75, 3.05) is 0 Å². The number of hydrogen-bond donors (Lipinski definition) is 5. The predicted octanol–water partition coefficient (Wildman–Crippen LogP) is 17.8. The van der Waals surface area contributed by atoms with E-state index in [0.717, 1.165) is 115 Å². The van der Waals surface area contributed by atoms with Gasteiger partial charge < -0.3 is 28.7 Å². The molecule has 28 nitrogen and oxygen atoms in total. The highest BCUT2D eigenvalue weighted by Crippen LogP contribution is 2.47. The number of nitro groups is 1. The van der Waals surface area contributed by atoms with Gasteiger partial charge in [0.15, 0.2) is 28.5 Å². The van der Waals surface area contributed by atoms with Crippen molar-refractivity contribution >= 4 is 114 Å². The molecule has 0 saturated heterocycles. The lowest BCUT2D eigenvalue weighted by Gasteiger charge is -2.14. The number of carbonyl (C=O) groups is 5. The van der Waals surface area contributed by atoms with Crippen LogP contribution in [-0.2, 0) is 13.1 Å². The molecule has 8 aliphatic rings. The molecule has 5 amide bonds. The number of carbonyl (C=O) groups excluding carboxylic acids is 5. The number of para-hydroxylation sites is 1. The number of halogens is 3. The van der Waals surface area contributed by atoms with E-state index in [-0.39, 0.29) is 40.5 Å². The molecule has 0 spiro atoms. The summed E-state index contributed by atoms with van der Waals surface area (Å²) >= 11 is 12.5. The van der Waals surface area contributed by atoms with Gasteiger partial charge in [0.05, 0.1) is 127 Å². The standard InChI is InChI=1S/C22H19IN4O.C21H15BrN4O.C21H17ClN4O.C21H15N5O3.C21H18N4O/c1-12-21-20(22(24)28)25-11-27(21)18-9-8-14(13-6-7-13)10-16(18)19(26-12)15-4-2-3-5-17(15)23;1-3-13-8-9-17-15(10-13)18(14-6-4-5-7-16(14)22)25-12(2)20-19(21(23)27)24-11-26(17)20;22-16-4-2-1-3-14(16)19-15-9-13(12-5-6-12)7-8-17(15)26-11-25-20(21(23)27)18(26)10-24-19;1-3-13-8-9-16-15(10-13)18(14-6-4-5-7-17(14)26(28)29)24-12(2)20-19(21(22)27)23-11-25(16)20;22-21(26)20-18-11-23-19(14-4-2-1-3-5-14)16-10-15(13-6-7-13)8-9-17(16)25(18)12-24-20/h2-5,8-13H,6-7H2,1H3,(H2,24,28);1,4-12H,2H3,(H2,23,27);1-4,7-9,11-12H,5-6,10H2,(H2,23,27);1,4-12H,2H3,(H2,22,27);1-5,8-10,12-13H,6-7,11H2,(H2,22,26)/t2*12-;;12-;/m10.0./s1. The van der Waals surface area contributed by atoms with Crippen LogP contribution in [0.2, 0.25) is 5.02 Å². The number of hydrogen-bond acceptors (Lipinski definition) is 17. The number of aliphatic imine (C=N–C) groups is 5. The molecule has 3 aliphatic carbocycles. The van der Waals surface area contributed by atoms with Crippen molar-refractivity contribution in [3.8, 4) is 53.1 Å². The molecular weight excluding hydrogens is 1920 g/mol. The van der Waals surface area contributed by atoms with Gasteiger partial charge in [0.25, 0.3) is 35.2 Å². The molecule has 10 N–H and O–H groups in total. The first-order valence-electron chi connectivity index (χ1n) is 44.2. The molecule has 0 radical (unpaired) electrons. The molecule has 3 saturated carbocycles. The van der Waals surface area contributed by atoms with E-state index in [2.05, 4.69) is 154 Å². The minimum Gasteiger partial charge on any atom is -0.364 e. The quantitative estimate of drug-likeness (QED) is 0.0293. The Bertz CT molecular complexity index is 7820. The first-order valence-corrected chi connectivity index (χ1v) is 46.4. The van der Waals surface area contributed by atoms with Crippen molar-refractivity contribution in [3.63, 3.8) is 0 Å². The SMILES string of the molecule is C#Cc1ccc2c(c1)C(c1ccccc1Br)=N[C@@H](C)c1c(C(N)=O)ncn1-2.C#Cc1ccc2c(c1)C(c1ccccc1[N+](=O)[O-])=N[C@@H](C)c1c(C(N)=O)ncn1-2.C[C@H]1N=C(c2ccccc2I)c2cc(C3CC3)ccc2-n2cnc(C(N)=O)c21.NC(=O)c1ncn2c1CN=C(c1ccccc1)c1cc(C3CC3)ccc1-2.NC(=O)c1ncn2c1CN=C(c1ccccc1Cl)c1cc(C3CC3)ccc1-2. The van der Waals surface area contributed by atoms with Gasteiger partial charge in [-0.15, -0.1) is 12.8 Å². The molecular formula is C106H84BrClIN21O7. The van der Waals surface area contributed by atoms with Crippen molar-refractivity contribution in [2.45, 2.75) is 108 Å². The fourth-order valence-electron chi connectivity index (χ4n) is 18.2. The van der Waals surface area contributed by atoms with Crippen LogP contribution in [-0.4, -0.2) is 111 Å². The monoisotopic (exact) mass is 2000 g/mol. The van der Waals surface area contributed by atoms with Crippen LogP contribution in [0, 0.1) is 38.4 Å². The van der Waals surface area contributed by atoms with Crippen LogP contribution >= 0.6 is 50.1 Å². The fraction of sp³-hybridized carbons (Fsp3) is 0.160. The van der Waals surface area contributed by atoms with E-state index in [0.29, 0.717) is 86.7 Å². The maximum atomic E-state index is 12.0. The Morgan fingerprint density at radius 1 is 0.394 bits per heavy atom. The highest BCUT2D eigenvalue weighted by Gasteiger charge is 2.37. The number of nitro benzene ring substituents is 1. The van der Waals surface area contributed by atoms with Gasteiger partial charge in [0.1, 0.15) is 31.6 Å². The maximum Gasteiger partial charge on any atom is 0.278 e. The third kappa shape index (κ3) is 17.5. The lowest BCUT2D eigenvalue weighted by atomic mass is 9.97. The third-order valence-corrected chi connectivity index (χ3v) is 27.1. The number of imidazole rings is 5. The lowest BCUT2D eigenvalue weighted by Crippen LogP contribution is -2.15. The number of amides is 5. The largest absolute Gasteiger partial charge is 0.364 e. The second kappa shape index (κ2) is 37.4. The number of terminal acetylenes is 2. The van der Waals surface area contributed by atoms with Gasteiger partial charge in [0.2, 0.25) is 0 Å². The second-order valence-electron chi connectivity index (χ2n) is 34.0.